The first-order chi connectivity index (χ1) is 12.2. The Bertz CT molecular complexity index is 1010. The van der Waals surface area contributed by atoms with Crippen LogP contribution in [-0.4, -0.2) is 25.0 Å². The lowest BCUT2D eigenvalue weighted by atomic mass is 10.2. The van der Waals surface area contributed by atoms with Crippen molar-refractivity contribution in [1.82, 2.24) is 25.0 Å². The van der Waals surface area contributed by atoms with Gasteiger partial charge in [-0.1, -0.05) is 46.8 Å². The number of hydrogen-bond acceptors (Lipinski definition) is 5. The number of aryl methyl sites for hydroxylation is 1. The lowest BCUT2D eigenvalue weighted by Gasteiger charge is -2.03. The van der Waals surface area contributed by atoms with Crippen LogP contribution in [0, 0.1) is 12.7 Å². The molecule has 0 bridgehead atoms. The Kier molecular flexibility index (Phi) is 4.15. The van der Waals surface area contributed by atoms with Crippen LogP contribution >= 0.6 is 11.8 Å². The number of benzene rings is 2. The number of fused-ring (bicyclic) bond motifs is 1. The van der Waals surface area contributed by atoms with Gasteiger partial charge in [0.1, 0.15) is 17.2 Å². The van der Waals surface area contributed by atoms with Crippen molar-refractivity contribution in [2.75, 3.05) is 0 Å². The monoisotopic (exact) mass is 351 g/mol. The maximum atomic E-state index is 13.1. The average Bonchev–Trinajstić information content (AvgIpc) is 3.07. The topological polar surface area (TPSA) is 56.5 Å². The molecule has 0 saturated carbocycles. The molecule has 4 rings (SSSR count). The maximum Gasteiger partial charge on any atom is 0.187 e. The molecule has 5 nitrogen and oxygen atoms in total. The fourth-order valence-corrected chi connectivity index (χ4v) is 3.31. The Balaban J connectivity index is 1.64. The van der Waals surface area contributed by atoms with Gasteiger partial charge in [0.05, 0.1) is 5.69 Å². The summed E-state index contributed by atoms with van der Waals surface area (Å²) in [7, 11) is 0. The third kappa shape index (κ3) is 3.23. The van der Waals surface area contributed by atoms with Crippen molar-refractivity contribution in [2.45, 2.75) is 17.7 Å². The van der Waals surface area contributed by atoms with Crippen molar-refractivity contribution in [3.8, 4) is 5.69 Å². The molecule has 0 radical (unpaired) electrons. The highest BCUT2D eigenvalue weighted by atomic mass is 32.2. The zero-order valence-electron chi connectivity index (χ0n) is 13.4. The van der Waals surface area contributed by atoms with Crippen molar-refractivity contribution >= 4 is 22.9 Å². The summed E-state index contributed by atoms with van der Waals surface area (Å²) < 4.78 is 14.7. The minimum absolute atomic E-state index is 0.294. The molecule has 0 amide bonds. The second-order valence-electron chi connectivity index (χ2n) is 5.60. The van der Waals surface area contributed by atoms with Gasteiger partial charge in [0.25, 0.3) is 0 Å². The van der Waals surface area contributed by atoms with Crippen LogP contribution in [0.3, 0.4) is 0 Å². The van der Waals surface area contributed by atoms with Crippen LogP contribution < -0.4 is 0 Å². The second-order valence-corrected chi connectivity index (χ2v) is 6.57. The molecule has 0 atom stereocenters. The molecule has 4 aromatic rings. The van der Waals surface area contributed by atoms with E-state index in [1.54, 1.807) is 28.6 Å². The summed E-state index contributed by atoms with van der Waals surface area (Å²) in [6.45, 7) is 2.07. The van der Waals surface area contributed by atoms with Gasteiger partial charge in [-0.2, -0.15) is 4.68 Å². The summed E-state index contributed by atoms with van der Waals surface area (Å²) in [5, 5.41) is 9.14. The second kappa shape index (κ2) is 6.60. The van der Waals surface area contributed by atoms with E-state index in [9.17, 15) is 4.39 Å². The first-order valence-electron chi connectivity index (χ1n) is 7.71. The predicted molar refractivity (Wildman–Crippen MR) is 95.2 cm³/mol. The number of nitrogens with zero attached hydrogens (tertiary/aromatic N) is 5. The molecule has 2 heterocycles. The Hall–Kier alpha value is -2.80. The molecule has 0 spiro atoms. The number of thioether (sulfide) groups is 1. The summed E-state index contributed by atoms with van der Waals surface area (Å²) >= 11 is 1.59. The summed E-state index contributed by atoms with van der Waals surface area (Å²) in [5.41, 5.74) is 4.41. The molecular weight excluding hydrogens is 337 g/mol. The smallest absolute Gasteiger partial charge is 0.187 e. The van der Waals surface area contributed by atoms with E-state index in [-0.39, 0.29) is 5.82 Å². The minimum Gasteiger partial charge on any atom is -0.227 e. The molecule has 7 heteroatoms. The van der Waals surface area contributed by atoms with Crippen LogP contribution in [0.4, 0.5) is 4.39 Å². The average molecular weight is 351 g/mol. The van der Waals surface area contributed by atoms with E-state index in [2.05, 4.69) is 51.5 Å². The van der Waals surface area contributed by atoms with Crippen LogP contribution in [0.25, 0.3) is 16.9 Å². The zero-order valence-corrected chi connectivity index (χ0v) is 14.2. The van der Waals surface area contributed by atoms with Crippen molar-refractivity contribution in [2.24, 2.45) is 0 Å². The van der Waals surface area contributed by atoms with Gasteiger partial charge in [-0.05, 0) is 36.8 Å². The van der Waals surface area contributed by atoms with Gasteiger partial charge in [-0.3, -0.25) is 0 Å². The van der Waals surface area contributed by atoms with Gasteiger partial charge in [-0.15, -0.1) is 5.10 Å². The summed E-state index contributed by atoms with van der Waals surface area (Å²) in [6.07, 6.45) is 1.50. The van der Waals surface area contributed by atoms with Crippen LogP contribution in [0.15, 0.2) is 59.9 Å². The highest BCUT2D eigenvalue weighted by Crippen LogP contribution is 2.27. The van der Waals surface area contributed by atoms with Crippen LogP contribution in [0.5, 0.6) is 0 Å². The van der Waals surface area contributed by atoms with Crippen LogP contribution in [0.1, 0.15) is 11.1 Å². The standard InChI is InChI=1S/C18H14FN5S/c1-12-2-4-13(5-3-12)10-25-18-16-17(20-11-21-18)24(23-22-16)15-8-6-14(19)7-9-15/h2-9,11H,10H2,1H3. The molecule has 0 fully saturated rings. The summed E-state index contributed by atoms with van der Waals surface area (Å²) in [4.78, 5) is 8.62. The Morgan fingerprint density at radius 2 is 1.76 bits per heavy atom. The fraction of sp³-hybridized carbons (Fsp3) is 0.111. The van der Waals surface area contributed by atoms with E-state index in [4.69, 9.17) is 0 Å². The summed E-state index contributed by atoms with van der Waals surface area (Å²) in [5.74, 6) is 0.493. The van der Waals surface area contributed by atoms with E-state index in [0.29, 0.717) is 16.9 Å². The quantitative estimate of drug-likeness (QED) is 0.412. The molecule has 0 aliphatic heterocycles. The number of halogens is 1. The highest BCUT2D eigenvalue weighted by Gasteiger charge is 2.13. The fourth-order valence-electron chi connectivity index (χ4n) is 2.43. The molecule has 0 unspecified atom stereocenters. The SMILES string of the molecule is Cc1ccc(CSc2ncnc3c2nnn3-c2ccc(F)cc2)cc1. The number of rotatable bonds is 4. The Labute approximate surface area is 147 Å². The lowest BCUT2D eigenvalue weighted by molar-refractivity contribution is 0.627. The van der Waals surface area contributed by atoms with Crippen molar-refractivity contribution in [3.05, 3.63) is 71.8 Å². The van der Waals surface area contributed by atoms with Gasteiger partial charge in [0, 0.05) is 5.75 Å². The van der Waals surface area contributed by atoms with Gasteiger partial charge in [0.15, 0.2) is 11.2 Å². The molecule has 2 aromatic heterocycles. The Morgan fingerprint density at radius 3 is 2.52 bits per heavy atom. The van der Waals surface area contributed by atoms with E-state index in [1.807, 2.05) is 0 Å². The first kappa shape index (κ1) is 15.7. The van der Waals surface area contributed by atoms with E-state index >= 15 is 0 Å². The normalized spacial score (nSPS) is 11.1. The molecule has 2 aromatic carbocycles. The van der Waals surface area contributed by atoms with Crippen molar-refractivity contribution in [3.63, 3.8) is 0 Å². The molecule has 0 N–H and O–H groups in total. The van der Waals surface area contributed by atoms with Crippen LogP contribution in [-0.2, 0) is 5.75 Å². The first-order valence-corrected chi connectivity index (χ1v) is 8.70. The van der Waals surface area contributed by atoms with E-state index in [0.717, 1.165) is 10.8 Å². The summed E-state index contributed by atoms with van der Waals surface area (Å²) in [6, 6.07) is 14.5. The van der Waals surface area contributed by atoms with E-state index in [1.165, 1.54) is 29.6 Å². The third-order valence-corrected chi connectivity index (χ3v) is 4.82. The molecule has 124 valence electrons. The number of hydrogen-bond donors (Lipinski definition) is 0. The molecule has 0 aliphatic carbocycles. The van der Waals surface area contributed by atoms with E-state index < -0.39 is 0 Å². The molecular formula is C18H14FN5S. The largest absolute Gasteiger partial charge is 0.227 e. The predicted octanol–water partition coefficient (Wildman–Crippen LogP) is 3.95. The van der Waals surface area contributed by atoms with Gasteiger partial charge in [-0.25, -0.2) is 14.4 Å². The molecule has 0 saturated heterocycles. The minimum atomic E-state index is -0.294. The molecule has 25 heavy (non-hydrogen) atoms. The van der Waals surface area contributed by atoms with Gasteiger partial charge >= 0.3 is 0 Å². The van der Waals surface area contributed by atoms with Crippen molar-refractivity contribution < 1.29 is 4.39 Å². The van der Waals surface area contributed by atoms with Gasteiger partial charge in [0.2, 0.25) is 0 Å². The van der Waals surface area contributed by atoms with Gasteiger partial charge < -0.3 is 0 Å². The van der Waals surface area contributed by atoms with Crippen LogP contribution in [0.2, 0.25) is 0 Å². The maximum absolute atomic E-state index is 13.1. The number of aromatic nitrogens is 5. The Morgan fingerprint density at radius 1 is 1.00 bits per heavy atom. The highest BCUT2D eigenvalue weighted by molar-refractivity contribution is 7.98. The third-order valence-electron chi connectivity index (χ3n) is 3.77. The zero-order chi connectivity index (χ0) is 17.2. The van der Waals surface area contributed by atoms with Crippen molar-refractivity contribution in [1.29, 1.82) is 0 Å². The molecule has 0 aliphatic rings. The lowest BCUT2D eigenvalue weighted by Crippen LogP contribution is -1.98.